The van der Waals surface area contributed by atoms with Crippen molar-refractivity contribution in [2.24, 2.45) is 0 Å². The van der Waals surface area contributed by atoms with E-state index in [1.54, 1.807) is 0 Å². The molecule has 1 saturated heterocycles. The van der Waals surface area contributed by atoms with E-state index in [2.05, 4.69) is 56.5 Å². The van der Waals surface area contributed by atoms with Gasteiger partial charge in [-0.3, -0.25) is 0 Å². The predicted octanol–water partition coefficient (Wildman–Crippen LogP) is 3.64. The lowest BCUT2D eigenvalue weighted by molar-refractivity contribution is -0.0849. The third-order valence-corrected chi connectivity index (χ3v) is 4.23. The van der Waals surface area contributed by atoms with Crippen molar-refractivity contribution >= 4 is 23.0 Å². The fraction of sp³-hybridized carbons (Fsp3) is 0.611. The van der Waals surface area contributed by atoms with Crippen LogP contribution < -0.4 is 10.6 Å². The monoisotopic (exact) mass is 336 g/mol. The molecule has 0 aromatic heterocycles. The number of ether oxygens (including phenoxy) is 2. The van der Waals surface area contributed by atoms with Crippen molar-refractivity contribution < 1.29 is 9.47 Å². The van der Waals surface area contributed by atoms with E-state index in [4.69, 9.17) is 21.7 Å². The van der Waals surface area contributed by atoms with Crippen molar-refractivity contribution in [2.45, 2.75) is 45.6 Å². The van der Waals surface area contributed by atoms with Crippen molar-refractivity contribution in [2.75, 3.05) is 31.7 Å². The van der Waals surface area contributed by atoms with Gasteiger partial charge in [0.25, 0.3) is 0 Å². The molecular weight excluding hydrogens is 308 g/mol. The predicted molar refractivity (Wildman–Crippen MR) is 99.4 cm³/mol. The smallest absolute Gasteiger partial charge is 0.170 e. The average molecular weight is 337 g/mol. The van der Waals surface area contributed by atoms with Gasteiger partial charge < -0.3 is 20.1 Å². The molecular formula is C18H28N2O2S. The standard InChI is InChI=1S/C18H28N2O2S/c1-12(2)15-6-5-7-16(13(3)4)17(15)20-18(23)19-10-14-11-21-8-9-22-14/h5-7,12-14H,8-11H2,1-4H3,(H2,19,20,23). The van der Waals surface area contributed by atoms with Crippen LogP contribution in [0.5, 0.6) is 0 Å². The second-order valence-corrected chi connectivity index (χ2v) is 6.93. The van der Waals surface area contributed by atoms with Crippen molar-refractivity contribution in [3.05, 3.63) is 29.3 Å². The summed E-state index contributed by atoms with van der Waals surface area (Å²) in [6.45, 7) is 11.4. The SMILES string of the molecule is CC(C)c1cccc(C(C)C)c1NC(=S)NCC1COCCO1. The van der Waals surface area contributed by atoms with Gasteiger partial charge in [-0.2, -0.15) is 0 Å². The molecule has 0 bridgehead atoms. The molecule has 4 nitrogen and oxygen atoms in total. The lowest BCUT2D eigenvalue weighted by Gasteiger charge is -2.25. The van der Waals surface area contributed by atoms with Gasteiger partial charge in [-0.05, 0) is 35.2 Å². The summed E-state index contributed by atoms with van der Waals surface area (Å²) in [7, 11) is 0. The summed E-state index contributed by atoms with van der Waals surface area (Å²) in [6, 6.07) is 6.46. The number of nitrogens with one attached hydrogen (secondary N) is 2. The molecule has 1 aliphatic heterocycles. The highest BCUT2D eigenvalue weighted by Gasteiger charge is 2.17. The normalized spacial score (nSPS) is 18.3. The molecule has 1 fully saturated rings. The van der Waals surface area contributed by atoms with Gasteiger partial charge in [0.2, 0.25) is 0 Å². The molecule has 0 aliphatic carbocycles. The van der Waals surface area contributed by atoms with Crippen molar-refractivity contribution in [3.63, 3.8) is 0 Å². The molecule has 1 aliphatic rings. The van der Waals surface area contributed by atoms with Crippen LogP contribution in [0.15, 0.2) is 18.2 Å². The maximum atomic E-state index is 5.63. The first-order valence-electron chi connectivity index (χ1n) is 8.36. The summed E-state index contributed by atoms with van der Waals surface area (Å²) in [5.74, 6) is 0.878. The fourth-order valence-corrected chi connectivity index (χ4v) is 2.90. The molecule has 2 rings (SSSR count). The molecule has 0 saturated carbocycles. The van der Waals surface area contributed by atoms with Crippen LogP contribution in [0.25, 0.3) is 0 Å². The minimum atomic E-state index is 0.0633. The topological polar surface area (TPSA) is 42.5 Å². The maximum Gasteiger partial charge on any atom is 0.170 e. The molecule has 2 N–H and O–H groups in total. The van der Waals surface area contributed by atoms with Crippen molar-refractivity contribution in [1.29, 1.82) is 0 Å². The van der Waals surface area contributed by atoms with Crippen LogP contribution in [0.1, 0.15) is 50.7 Å². The Labute approximate surface area is 144 Å². The van der Waals surface area contributed by atoms with E-state index in [1.807, 2.05) is 0 Å². The molecule has 1 atom stereocenters. The summed E-state index contributed by atoms with van der Waals surface area (Å²) < 4.78 is 11.0. The van der Waals surface area contributed by atoms with Crippen molar-refractivity contribution in [1.82, 2.24) is 5.32 Å². The molecule has 23 heavy (non-hydrogen) atoms. The number of thiocarbonyl (C=S) groups is 1. The molecule has 1 heterocycles. The van der Waals surface area contributed by atoms with Crippen LogP contribution in [0.2, 0.25) is 0 Å². The van der Waals surface area contributed by atoms with Gasteiger partial charge in [0, 0.05) is 12.2 Å². The van der Waals surface area contributed by atoms with Crippen LogP contribution in [-0.4, -0.2) is 37.6 Å². The zero-order valence-corrected chi connectivity index (χ0v) is 15.3. The number of anilines is 1. The maximum absolute atomic E-state index is 5.63. The molecule has 1 aromatic rings. The zero-order chi connectivity index (χ0) is 16.8. The Bertz CT molecular complexity index is 500. The number of benzene rings is 1. The molecule has 128 valence electrons. The average Bonchev–Trinajstić information content (AvgIpc) is 2.53. The number of rotatable bonds is 5. The van der Waals surface area contributed by atoms with Crippen molar-refractivity contribution in [3.8, 4) is 0 Å². The van der Waals surface area contributed by atoms with Crippen LogP contribution in [0.3, 0.4) is 0 Å². The summed E-state index contributed by atoms with van der Waals surface area (Å²) >= 11 is 5.48. The van der Waals surface area contributed by atoms with E-state index >= 15 is 0 Å². The van der Waals surface area contributed by atoms with E-state index in [0.29, 0.717) is 43.3 Å². The number of para-hydroxylation sites is 1. The van der Waals surface area contributed by atoms with E-state index in [9.17, 15) is 0 Å². The first-order chi connectivity index (χ1) is 11.0. The highest BCUT2D eigenvalue weighted by Crippen LogP contribution is 2.32. The van der Waals surface area contributed by atoms with E-state index in [-0.39, 0.29) is 6.10 Å². The zero-order valence-electron chi connectivity index (χ0n) is 14.5. The first kappa shape index (κ1) is 18.2. The fourth-order valence-electron chi connectivity index (χ4n) is 2.71. The minimum absolute atomic E-state index is 0.0633. The Morgan fingerprint density at radius 1 is 1.17 bits per heavy atom. The highest BCUT2D eigenvalue weighted by atomic mass is 32.1. The summed E-state index contributed by atoms with van der Waals surface area (Å²) in [6.07, 6.45) is 0.0633. The lowest BCUT2D eigenvalue weighted by Crippen LogP contribution is -2.41. The summed E-state index contributed by atoms with van der Waals surface area (Å²) in [5.41, 5.74) is 3.71. The van der Waals surface area contributed by atoms with Gasteiger partial charge in [-0.1, -0.05) is 45.9 Å². The molecule has 0 spiro atoms. The number of hydrogen-bond donors (Lipinski definition) is 2. The van der Waals surface area contributed by atoms with Gasteiger partial charge in [0.1, 0.15) is 0 Å². The van der Waals surface area contributed by atoms with Crippen LogP contribution in [0, 0.1) is 0 Å². The minimum Gasteiger partial charge on any atom is -0.376 e. The summed E-state index contributed by atoms with van der Waals surface area (Å²) in [4.78, 5) is 0. The third-order valence-electron chi connectivity index (χ3n) is 3.99. The Hall–Kier alpha value is -1.17. The van der Waals surface area contributed by atoms with E-state index in [0.717, 1.165) is 5.69 Å². The van der Waals surface area contributed by atoms with Gasteiger partial charge in [-0.25, -0.2) is 0 Å². The molecule has 5 heteroatoms. The second kappa shape index (κ2) is 8.62. The Kier molecular flexibility index (Phi) is 6.81. The van der Waals surface area contributed by atoms with Gasteiger partial charge >= 0.3 is 0 Å². The molecule has 0 radical (unpaired) electrons. The Balaban J connectivity index is 2.03. The van der Waals surface area contributed by atoms with Gasteiger partial charge in [0.05, 0.1) is 25.9 Å². The van der Waals surface area contributed by atoms with Crippen LogP contribution >= 0.6 is 12.2 Å². The second-order valence-electron chi connectivity index (χ2n) is 6.52. The summed E-state index contributed by atoms with van der Waals surface area (Å²) in [5, 5.41) is 7.29. The van der Waals surface area contributed by atoms with E-state index in [1.165, 1.54) is 11.1 Å². The molecule has 0 amide bonds. The Morgan fingerprint density at radius 3 is 2.35 bits per heavy atom. The third kappa shape index (κ3) is 5.16. The highest BCUT2D eigenvalue weighted by molar-refractivity contribution is 7.80. The van der Waals surface area contributed by atoms with Crippen LogP contribution in [0.4, 0.5) is 5.69 Å². The van der Waals surface area contributed by atoms with E-state index < -0.39 is 0 Å². The van der Waals surface area contributed by atoms with Gasteiger partial charge in [0.15, 0.2) is 5.11 Å². The lowest BCUT2D eigenvalue weighted by atomic mass is 9.93. The molecule has 1 aromatic carbocycles. The van der Waals surface area contributed by atoms with Gasteiger partial charge in [-0.15, -0.1) is 0 Å². The Morgan fingerprint density at radius 2 is 1.83 bits per heavy atom. The molecule has 1 unspecified atom stereocenters. The first-order valence-corrected chi connectivity index (χ1v) is 8.76. The quantitative estimate of drug-likeness (QED) is 0.804. The number of hydrogen-bond acceptors (Lipinski definition) is 3. The largest absolute Gasteiger partial charge is 0.376 e. The van der Waals surface area contributed by atoms with Crippen LogP contribution in [-0.2, 0) is 9.47 Å².